The van der Waals surface area contributed by atoms with E-state index in [1.54, 1.807) is 16.2 Å². The van der Waals surface area contributed by atoms with E-state index in [2.05, 4.69) is 0 Å². The molecule has 0 radical (unpaired) electrons. The Labute approximate surface area is 140 Å². The van der Waals surface area contributed by atoms with Gasteiger partial charge in [0.05, 0.1) is 23.3 Å². The van der Waals surface area contributed by atoms with Gasteiger partial charge >= 0.3 is 0 Å². The van der Waals surface area contributed by atoms with Crippen molar-refractivity contribution in [3.05, 3.63) is 21.4 Å². The Balaban J connectivity index is 1.61. The fraction of sp³-hybridized carbons (Fsp3) is 0.688. The van der Waals surface area contributed by atoms with Crippen molar-refractivity contribution in [1.82, 2.24) is 4.90 Å². The highest BCUT2D eigenvalue weighted by Gasteiger charge is 2.45. The number of fused-ring (bicyclic) bond motifs is 2. The average molecular weight is 355 g/mol. The van der Waals surface area contributed by atoms with Crippen LogP contribution in [0.25, 0.3) is 0 Å². The van der Waals surface area contributed by atoms with Gasteiger partial charge in [0.2, 0.25) is 0 Å². The summed E-state index contributed by atoms with van der Waals surface area (Å²) in [5.41, 5.74) is 1.32. The van der Waals surface area contributed by atoms with E-state index < -0.39 is 15.1 Å². The van der Waals surface area contributed by atoms with Gasteiger partial charge in [-0.1, -0.05) is 0 Å². The van der Waals surface area contributed by atoms with E-state index in [0.29, 0.717) is 19.6 Å². The summed E-state index contributed by atoms with van der Waals surface area (Å²) in [6, 6.07) is 1.81. The molecule has 126 valence electrons. The third-order valence-corrected chi connectivity index (χ3v) is 8.57. The van der Waals surface area contributed by atoms with E-state index in [4.69, 9.17) is 4.74 Å². The number of nitrogens with zero attached hydrogens (tertiary/aromatic N) is 1. The van der Waals surface area contributed by atoms with Crippen LogP contribution in [-0.2, 0) is 27.4 Å². The van der Waals surface area contributed by atoms with Crippen LogP contribution in [0, 0.1) is 0 Å². The van der Waals surface area contributed by atoms with Gasteiger partial charge in [0.25, 0.3) is 5.91 Å². The molecule has 4 rings (SSSR count). The molecule has 7 heteroatoms. The smallest absolute Gasteiger partial charge is 0.264 e. The first kappa shape index (κ1) is 15.6. The number of ether oxygens (including phenoxy) is 1. The van der Waals surface area contributed by atoms with Crippen LogP contribution in [0.5, 0.6) is 0 Å². The summed E-state index contributed by atoms with van der Waals surface area (Å²) in [7, 11) is -3.15. The second-order valence-corrected chi connectivity index (χ2v) is 10.1. The van der Waals surface area contributed by atoms with Crippen LogP contribution in [0.3, 0.4) is 0 Å². The zero-order chi connectivity index (χ0) is 16.0. The number of carbonyl (C=O) groups excluding carboxylic acids is 1. The molecule has 2 saturated heterocycles. The second-order valence-electron chi connectivity index (χ2n) is 6.60. The lowest BCUT2D eigenvalue weighted by molar-refractivity contribution is 0.0297. The third kappa shape index (κ3) is 2.72. The number of carbonyl (C=O) groups is 1. The van der Waals surface area contributed by atoms with E-state index in [-0.39, 0.29) is 24.3 Å². The van der Waals surface area contributed by atoms with Gasteiger partial charge in [-0.15, -0.1) is 11.3 Å². The molecule has 2 aliphatic heterocycles. The Hall–Kier alpha value is -0.920. The zero-order valence-electron chi connectivity index (χ0n) is 13.0. The number of rotatable bonds is 1. The number of hydrogen-bond acceptors (Lipinski definition) is 5. The van der Waals surface area contributed by atoms with E-state index in [9.17, 15) is 13.2 Å². The van der Waals surface area contributed by atoms with Gasteiger partial charge in [-0.25, -0.2) is 8.42 Å². The molecule has 23 heavy (non-hydrogen) atoms. The number of thiophene rings is 1. The van der Waals surface area contributed by atoms with Gasteiger partial charge in [0.1, 0.15) is 5.25 Å². The molecular formula is C16H21NO4S2. The quantitative estimate of drug-likeness (QED) is 0.768. The highest BCUT2D eigenvalue weighted by atomic mass is 32.2. The minimum Gasteiger partial charge on any atom is -0.380 e. The topological polar surface area (TPSA) is 63.7 Å². The highest BCUT2D eigenvalue weighted by Crippen LogP contribution is 2.33. The Morgan fingerprint density at radius 1 is 1.30 bits per heavy atom. The van der Waals surface area contributed by atoms with Crippen LogP contribution >= 0.6 is 11.3 Å². The van der Waals surface area contributed by atoms with Crippen molar-refractivity contribution < 1.29 is 17.9 Å². The van der Waals surface area contributed by atoms with Crippen LogP contribution < -0.4 is 0 Å². The lowest BCUT2D eigenvalue weighted by atomic mass is 9.99. The molecule has 1 aromatic rings. The molecule has 0 bridgehead atoms. The van der Waals surface area contributed by atoms with Gasteiger partial charge in [-0.3, -0.25) is 4.79 Å². The lowest BCUT2D eigenvalue weighted by Crippen LogP contribution is -2.60. The fourth-order valence-corrected chi connectivity index (χ4v) is 6.96. The van der Waals surface area contributed by atoms with Crippen molar-refractivity contribution in [3.63, 3.8) is 0 Å². The highest BCUT2D eigenvalue weighted by molar-refractivity contribution is 7.92. The van der Waals surface area contributed by atoms with E-state index in [1.807, 2.05) is 6.07 Å². The predicted octanol–water partition coefficient (Wildman–Crippen LogP) is 1.66. The van der Waals surface area contributed by atoms with Gasteiger partial charge in [0.15, 0.2) is 9.84 Å². The van der Waals surface area contributed by atoms with E-state index >= 15 is 0 Å². The van der Waals surface area contributed by atoms with Gasteiger partial charge in [-0.2, -0.15) is 0 Å². The van der Waals surface area contributed by atoms with Crippen LogP contribution in [0.4, 0.5) is 0 Å². The summed E-state index contributed by atoms with van der Waals surface area (Å²) in [5, 5.41) is -0.552. The maximum atomic E-state index is 13.0. The zero-order valence-corrected chi connectivity index (χ0v) is 14.6. The van der Waals surface area contributed by atoms with E-state index in [0.717, 1.165) is 17.7 Å². The Morgan fingerprint density at radius 2 is 2.13 bits per heavy atom. The molecule has 0 spiro atoms. The Kier molecular flexibility index (Phi) is 3.98. The van der Waals surface area contributed by atoms with Crippen molar-refractivity contribution in [2.45, 2.75) is 43.4 Å². The number of aryl methyl sites for hydroxylation is 2. The SMILES string of the molecule is O=C(c1cc2c(s1)CCCC2)N1CCS(=O)(=O)C2COCCC21. The standard InChI is InChI=1S/C16H21NO4S2/c18-16(14-9-11-3-1-2-4-13(11)22-14)17-6-8-23(19,20)15-10-21-7-5-12(15)17/h9,12,15H,1-8,10H2. The summed E-state index contributed by atoms with van der Waals surface area (Å²) < 4.78 is 29.9. The van der Waals surface area contributed by atoms with E-state index in [1.165, 1.54) is 23.3 Å². The summed E-state index contributed by atoms with van der Waals surface area (Å²) in [6.07, 6.45) is 5.14. The summed E-state index contributed by atoms with van der Waals surface area (Å²) in [5.74, 6) is 0.0603. The number of amides is 1. The molecule has 0 saturated carbocycles. The maximum absolute atomic E-state index is 13.0. The largest absolute Gasteiger partial charge is 0.380 e. The van der Waals surface area contributed by atoms with Gasteiger partial charge in [0, 0.05) is 18.0 Å². The maximum Gasteiger partial charge on any atom is 0.264 e. The first-order valence-corrected chi connectivity index (χ1v) is 10.8. The molecule has 2 unspecified atom stereocenters. The summed E-state index contributed by atoms with van der Waals surface area (Å²) in [6.45, 7) is 1.06. The molecule has 3 aliphatic rings. The van der Waals surface area contributed by atoms with Crippen LogP contribution in [0.2, 0.25) is 0 Å². The Morgan fingerprint density at radius 3 is 2.96 bits per heavy atom. The van der Waals surface area contributed by atoms with Crippen molar-refractivity contribution in [1.29, 1.82) is 0 Å². The molecule has 2 fully saturated rings. The van der Waals surface area contributed by atoms with Crippen LogP contribution in [-0.4, -0.2) is 56.0 Å². The first-order chi connectivity index (χ1) is 11.1. The average Bonchev–Trinajstić information content (AvgIpc) is 2.99. The van der Waals surface area contributed by atoms with Crippen LogP contribution in [0.1, 0.15) is 39.4 Å². The second kappa shape index (κ2) is 5.86. The van der Waals surface area contributed by atoms with Crippen molar-refractivity contribution in [2.24, 2.45) is 0 Å². The molecule has 1 aliphatic carbocycles. The molecular weight excluding hydrogens is 334 g/mol. The molecule has 0 N–H and O–H groups in total. The van der Waals surface area contributed by atoms with Crippen LogP contribution in [0.15, 0.2) is 6.07 Å². The molecule has 1 aromatic heterocycles. The minimum atomic E-state index is -3.15. The predicted molar refractivity (Wildman–Crippen MR) is 88.8 cm³/mol. The molecule has 2 atom stereocenters. The molecule has 1 amide bonds. The van der Waals surface area contributed by atoms with Gasteiger partial charge in [-0.05, 0) is 43.7 Å². The minimum absolute atomic E-state index is 0.0104. The number of sulfone groups is 1. The number of hydrogen-bond donors (Lipinski definition) is 0. The van der Waals surface area contributed by atoms with Crippen molar-refractivity contribution in [3.8, 4) is 0 Å². The third-order valence-electron chi connectivity index (χ3n) is 5.22. The van der Waals surface area contributed by atoms with Crippen molar-refractivity contribution in [2.75, 3.05) is 25.5 Å². The lowest BCUT2D eigenvalue weighted by Gasteiger charge is -2.43. The molecule has 5 nitrogen and oxygen atoms in total. The first-order valence-electron chi connectivity index (χ1n) is 8.28. The molecule has 0 aromatic carbocycles. The normalized spacial score (nSPS) is 29.7. The molecule has 3 heterocycles. The van der Waals surface area contributed by atoms with Crippen molar-refractivity contribution >= 4 is 27.1 Å². The summed E-state index contributed by atoms with van der Waals surface area (Å²) >= 11 is 1.60. The monoisotopic (exact) mass is 355 g/mol. The Bertz CT molecular complexity index is 701. The van der Waals surface area contributed by atoms with Gasteiger partial charge < -0.3 is 9.64 Å². The fourth-order valence-electron chi connectivity index (χ4n) is 3.93. The summed E-state index contributed by atoms with van der Waals surface area (Å²) in [4.78, 5) is 16.9.